The molecular weight excluding hydrogens is 228 g/mol. The number of imidazole rings is 1. The molecule has 1 atom stereocenters. The van der Waals surface area contributed by atoms with E-state index < -0.39 is 0 Å². The summed E-state index contributed by atoms with van der Waals surface area (Å²) < 4.78 is 0. The summed E-state index contributed by atoms with van der Waals surface area (Å²) in [6, 6.07) is 5.62. The maximum absolute atomic E-state index is 12.1. The number of aromatic nitrogens is 2. The quantitative estimate of drug-likeness (QED) is 0.838. The molecule has 1 saturated heterocycles. The number of anilines is 1. The Morgan fingerprint density at radius 3 is 3.28 bits per heavy atom. The molecule has 0 aliphatic carbocycles. The molecule has 18 heavy (non-hydrogen) atoms. The van der Waals surface area contributed by atoms with Gasteiger partial charge in [-0.25, -0.2) is 4.98 Å². The van der Waals surface area contributed by atoms with E-state index in [1.165, 1.54) is 0 Å². The van der Waals surface area contributed by atoms with Crippen molar-refractivity contribution >= 4 is 22.6 Å². The molecule has 1 aromatic carbocycles. The van der Waals surface area contributed by atoms with E-state index in [0.29, 0.717) is 0 Å². The Balaban J connectivity index is 1.77. The zero-order valence-electron chi connectivity index (χ0n) is 10.2. The van der Waals surface area contributed by atoms with Gasteiger partial charge in [0.2, 0.25) is 5.91 Å². The number of aromatic amines is 1. The van der Waals surface area contributed by atoms with Crippen LogP contribution >= 0.6 is 0 Å². The molecule has 1 aliphatic heterocycles. The average molecular weight is 243 g/mol. The minimum Gasteiger partial charge on any atom is -0.335 e. The molecule has 0 unspecified atom stereocenters. The lowest BCUT2D eigenvalue weighted by molar-refractivity contribution is -0.119. The van der Waals surface area contributed by atoms with Crippen LogP contribution in [0.15, 0.2) is 18.2 Å². The molecule has 1 aliphatic rings. The topological polar surface area (TPSA) is 61.0 Å². The normalized spacial score (nSPS) is 20.4. The van der Waals surface area contributed by atoms with Crippen LogP contribution < -0.4 is 5.32 Å². The highest BCUT2D eigenvalue weighted by Crippen LogP contribution is 2.19. The molecule has 2 aromatic rings. The highest BCUT2D eigenvalue weighted by atomic mass is 16.2. The van der Waals surface area contributed by atoms with E-state index >= 15 is 0 Å². The number of nitrogens with one attached hydrogen (secondary N) is 2. The Bertz CT molecular complexity index is 577. The minimum atomic E-state index is -0.00792. The molecule has 1 fully saturated rings. The van der Waals surface area contributed by atoms with Crippen LogP contribution in [0.3, 0.4) is 0 Å². The van der Waals surface area contributed by atoms with E-state index in [1.54, 1.807) is 0 Å². The van der Waals surface area contributed by atoms with Crippen molar-refractivity contribution in [3.63, 3.8) is 0 Å². The van der Waals surface area contributed by atoms with Crippen molar-refractivity contribution in [2.75, 3.05) is 18.9 Å². The Labute approximate surface area is 105 Å². The van der Waals surface area contributed by atoms with Gasteiger partial charge in [0.25, 0.3) is 0 Å². The van der Waals surface area contributed by atoms with Gasteiger partial charge in [0.1, 0.15) is 0 Å². The van der Waals surface area contributed by atoms with Crippen molar-refractivity contribution in [3.8, 4) is 0 Å². The monoisotopic (exact) mass is 243 g/mol. The first-order valence-corrected chi connectivity index (χ1v) is 6.11. The molecule has 93 valence electrons. The number of likely N-dealkylation sites (N-methyl/N-ethyl adjacent to an activating group) is 1. The third-order valence-electron chi connectivity index (χ3n) is 3.46. The Kier molecular flexibility index (Phi) is 2.76. The molecule has 1 radical (unpaired) electrons. The first-order valence-electron chi connectivity index (χ1n) is 6.11. The number of nitrogens with zero attached hydrogens (tertiary/aromatic N) is 2. The second kappa shape index (κ2) is 4.42. The largest absolute Gasteiger partial charge is 0.335 e. The SMILES string of the molecule is CN1CCC[C@H]1C(=O)Nc1ccc2[nH][c]nc2c1. The molecule has 1 amide bonds. The van der Waals surface area contributed by atoms with Gasteiger partial charge >= 0.3 is 0 Å². The number of amides is 1. The molecule has 0 spiro atoms. The average Bonchev–Trinajstić information content (AvgIpc) is 2.96. The van der Waals surface area contributed by atoms with Gasteiger partial charge in [-0.1, -0.05) is 0 Å². The van der Waals surface area contributed by atoms with Crippen molar-refractivity contribution in [1.82, 2.24) is 14.9 Å². The van der Waals surface area contributed by atoms with Crippen LogP contribution in [0, 0.1) is 6.33 Å². The number of carbonyl (C=O) groups is 1. The van der Waals surface area contributed by atoms with Crippen LogP contribution in [0.2, 0.25) is 0 Å². The van der Waals surface area contributed by atoms with Gasteiger partial charge in [0.15, 0.2) is 6.33 Å². The maximum atomic E-state index is 12.1. The van der Waals surface area contributed by atoms with Gasteiger partial charge < -0.3 is 10.3 Å². The number of likely N-dealkylation sites (tertiary alicyclic amines) is 1. The molecule has 1 aromatic heterocycles. The van der Waals surface area contributed by atoms with Crippen molar-refractivity contribution in [2.45, 2.75) is 18.9 Å². The van der Waals surface area contributed by atoms with Crippen LogP contribution in [-0.4, -0.2) is 40.4 Å². The van der Waals surface area contributed by atoms with Crippen molar-refractivity contribution in [2.24, 2.45) is 0 Å². The third-order valence-corrected chi connectivity index (χ3v) is 3.46. The zero-order valence-corrected chi connectivity index (χ0v) is 10.2. The second-order valence-corrected chi connectivity index (χ2v) is 4.71. The number of H-pyrrole nitrogens is 1. The van der Waals surface area contributed by atoms with Gasteiger partial charge in [-0.3, -0.25) is 9.69 Å². The van der Waals surface area contributed by atoms with Gasteiger partial charge in [-0.2, -0.15) is 0 Å². The highest BCUT2D eigenvalue weighted by molar-refractivity contribution is 5.96. The van der Waals surface area contributed by atoms with E-state index in [4.69, 9.17) is 0 Å². The third kappa shape index (κ3) is 1.97. The predicted octanol–water partition coefficient (Wildman–Crippen LogP) is 1.40. The lowest BCUT2D eigenvalue weighted by Crippen LogP contribution is -2.37. The zero-order chi connectivity index (χ0) is 12.5. The van der Waals surface area contributed by atoms with E-state index in [2.05, 4.69) is 26.5 Å². The lowest BCUT2D eigenvalue weighted by Gasteiger charge is -2.18. The van der Waals surface area contributed by atoms with Gasteiger partial charge in [-0.15, -0.1) is 0 Å². The van der Waals surface area contributed by atoms with Crippen molar-refractivity contribution in [3.05, 3.63) is 24.5 Å². The fraction of sp³-hybridized carbons (Fsp3) is 0.385. The number of benzene rings is 1. The van der Waals surface area contributed by atoms with Gasteiger partial charge in [-0.05, 0) is 44.6 Å². The number of hydrogen-bond acceptors (Lipinski definition) is 3. The molecule has 0 saturated carbocycles. The van der Waals surface area contributed by atoms with E-state index in [0.717, 1.165) is 36.1 Å². The molecule has 5 heteroatoms. The molecule has 3 rings (SSSR count). The summed E-state index contributed by atoms with van der Waals surface area (Å²) in [6.07, 6.45) is 4.70. The van der Waals surface area contributed by atoms with Crippen molar-refractivity contribution < 1.29 is 4.79 Å². The Morgan fingerprint density at radius 1 is 1.61 bits per heavy atom. The van der Waals surface area contributed by atoms with Crippen LogP contribution in [0.25, 0.3) is 11.0 Å². The van der Waals surface area contributed by atoms with E-state index in [9.17, 15) is 4.79 Å². The fourth-order valence-corrected chi connectivity index (χ4v) is 2.42. The summed E-state index contributed by atoms with van der Waals surface area (Å²) in [5.41, 5.74) is 2.52. The smallest absolute Gasteiger partial charge is 0.241 e. The summed E-state index contributed by atoms with van der Waals surface area (Å²) in [6.45, 7) is 0.992. The van der Waals surface area contributed by atoms with E-state index in [-0.39, 0.29) is 11.9 Å². The second-order valence-electron chi connectivity index (χ2n) is 4.71. The molecule has 2 heterocycles. The number of fused-ring (bicyclic) bond motifs is 1. The van der Waals surface area contributed by atoms with Crippen LogP contribution in [-0.2, 0) is 4.79 Å². The summed E-state index contributed by atoms with van der Waals surface area (Å²) in [5.74, 6) is 0.0638. The summed E-state index contributed by atoms with van der Waals surface area (Å²) in [7, 11) is 1.99. The van der Waals surface area contributed by atoms with Crippen LogP contribution in [0.1, 0.15) is 12.8 Å². The first-order chi connectivity index (χ1) is 8.74. The molecular formula is C13H15N4O. The standard InChI is InChI=1S/C13H15N4O/c1-17-6-2-3-12(17)13(18)16-9-4-5-10-11(7-9)15-8-14-10/h4-5,7,12H,2-3,6H2,1H3,(H,14,15)(H,16,18)/t12-/m0/s1. The van der Waals surface area contributed by atoms with Crippen molar-refractivity contribution in [1.29, 1.82) is 0 Å². The van der Waals surface area contributed by atoms with Gasteiger partial charge in [0, 0.05) is 5.69 Å². The summed E-state index contributed by atoms with van der Waals surface area (Å²) in [5, 5.41) is 2.95. The van der Waals surface area contributed by atoms with Crippen LogP contribution in [0.4, 0.5) is 5.69 Å². The summed E-state index contributed by atoms with van der Waals surface area (Å²) in [4.78, 5) is 21.2. The number of hydrogen-bond donors (Lipinski definition) is 2. The molecule has 0 bridgehead atoms. The Hall–Kier alpha value is -1.88. The highest BCUT2D eigenvalue weighted by Gasteiger charge is 2.27. The first kappa shape index (κ1) is 11.2. The minimum absolute atomic E-state index is 0.00792. The number of rotatable bonds is 2. The van der Waals surface area contributed by atoms with Gasteiger partial charge in [0.05, 0.1) is 17.1 Å². The number of carbonyl (C=O) groups excluding carboxylic acids is 1. The molecule has 5 nitrogen and oxygen atoms in total. The lowest BCUT2D eigenvalue weighted by atomic mass is 10.2. The molecule has 2 N–H and O–H groups in total. The maximum Gasteiger partial charge on any atom is 0.241 e. The fourth-order valence-electron chi connectivity index (χ4n) is 2.42. The van der Waals surface area contributed by atoms with E-state index in [1.807, 2.05) is 25.2 Å². The predicted molar refractivity (Wildman–Crippen MR) is 69.2 cm³/mol. The van der Waals surface area contributed by atoms with Crippen LogP contribution in [0.5, 0.6) is 0 Å². The summed E-state index contributed by atoms with van der Waals surface area (Å²) >= 11 is 0. The Morgan fingerprint density at radius 2 is 2.50 bits per heavy atom.